The Bertz CT molecular complexity index is 715. The topological polar surface area (TPSA) is 32.3 Å². The maximum Gasteiger partial charge on any atom is 0.234 e. The predicted octanol–water partition coefficient (Wildman–Crippen LogP) is 5.32. The second kappa shape index (κ2) is 8.15. The van der Waals surface area contributed by atoms with Crippen LogP contribution in [0.3, 0.4) is 0 Å². The van der Waals surface area contributed by atoms with E-state index in [1.807, 2.05) is 42.5 Å². The van der Waals surface area contributed by atoms with Crippen molar-refractivity contribution in [1.29, 1.82) is 0 Å². The second-order valence-corrected chi connectivity index (χ2v) is 7.51. The number of anilines is 2. The van der Waals surface area contributed by atoms with Gasteiger partial charge in [-0.2, -0.15) is 0 Å². The fourth-order valence-corrected chi connectivity index (χ4v) is 3.86. The lowest BCUT2D eigenvalue weighted by atomic mass is 10.2. The van der Waals surface area contributed by atoms with Crippen molar-refractivity contribution >= 4 is 52.2 Å². The van der Waals surface area contributed by atoms with Crippen LogP contribution in [0.25, 0.3) is 0 Å². The van der Waals surface area contributed by atoms with E-state index in [-0.39, 0.29) is 5.91 Å². The number of amides is 1. The summed E-state index contributed by atoms with van der Waals surface area (Å²) in [6.07, 6.45) is 2.32. The third-order valence-electron chi connectivity index (χ3n) is 3.87. The van der Waals surface area contributed by atoms with Gasteiger partial charge in [-0.1, -0.05) is 29.3 Å². The lowest BCUT2D eigenvalue weighted by Gasteiger charge is -2.23. The maximum absolute atomic E-state index is 12.3. The molecule has 0 radical (unpaired) electrons. The van der Waals surface area contributed by atoms with Gasteiger partial charge in [-0.15, -0.1) is 11.8 Å². The van der Waals surface area contributed by atoms with Crippen molar-refractivity contribution in [3.05, 3.63) is 52.5 Å². The van der Waals surface area contributed by atoms with E-state index in [0.29, 0.717) is 15.8 Å². The molecule has 1 saturated heterocycles. The van der Waals surface area contributed by atoms with E-state index in [4.69, 9.17) is 23.2 Å². The Balaban J connectivity index is 1.65. The number of benzene rings is 2. The summed E-state index contributed by atoms with van der Waals surface area (Å²) < 4.78 is 0. The molecule has 0 aliphatic carbocycles. The smallest absolute Gasteiger partial charge is 0.234 e. The van der Waals surface area contributed by atoms with E-state index < -0.39 is 0 Å². The van der Waals surface area contributed by atoms with Crippen LogP contribution in [-0.2, 0) is 4.79 Å². The summed E-state index contributed by atoms with van der Waals surface area (Å²) in [6, 6.07) is 13.1. The molecule has 1 amide bonds. The maximum atomic E-state index is 12.3. The summed E-state index contributed by atoms with van der Waals surface area (Å²) in [7, 11) is 0. The summed E-state index contributed by atoms with van der Waals surface area (Å²) >= 11 is 13.7. The Labute approximate surface area is 156 Å². The predicted molar refractivity (Wildman–Crippen MR) is 104 cm³/mol. The minimum absolute atomic E-state index is 0.0438. The average Bonchev–Trinajstić information content (AvgIpc) is 3.08. The Hall–Kier alpha value is -1.36. The van der Waals surface area contributed by atoms with Crippen molar-refractivity contribution < 1.29 is 4.79 Å². The molecule has 0 bridgehead atoms. The van der Waals surface area contributed by atoms with Crippen LogP contribution < -0.4 is 10.2 Å². The lowest BCUT2D eigenvalue weighted by molar-refractivity contribution is -0.113. The summed E-state index contributed by atoms with van der Waals surface area (Å²) in [4.78, 5) is 15.6. The van der Waals surface area contributed by atoms with E-state index in [9.17, 15) is 4.79 Å². The van der Waals surface area contributed by atoms with Crippen molar-refractivity contribution in [2.24, 2.45) is 0 Å². The van der Waals surface area contributed by atoms with Gasteiger partial charge in [0.2, 0.25) is 5.91 Å². The number of hydrogen-bond donors (Lipinski definition) is 1. The monoisotopic (exact) mass is 380 g/mol. The molecular weight excluding hydrogens is 363 g/mol. The highest BCUT2D eigenvalue weighted by atomic mass is 35.5. The molecule has 126 valence electrons. The first kappa shape index (κ1) is 17.5. The first-order chi connectivity index (χ1) is 11.6. The third kappa shape index (κ3) is 4.38. The Morgan fingerprint density at radius 1 is 1.08 bits per heavy atom. The first-order valence-corrected chi connectivity index (χ1v) is 9.59. The van der Waals surface area contributed by atoms with Gasteiger partial charge < -0.3 is 10.2 Å². The van der Waals surface area contributed by atoms with Gasteiger partial charge in [0.15, 0.2) is 0 Å². The quantitative estimate of drug-likeness (QED) is 0.711. The number of para-hydroxylation sites is 1. The van der Waals surface area contributed by atoms with E-state index in [1.165, 1.54) is 11.8 Å². The number of carbonyl (C=O) groups excluding carboxylic acids is 1. The summed E-state index contributed by atoms with van der Waals surface area (Å²) in [6.45, 7) is 1.96. The van der Waals surface area contributed by atoms with Crippen molar-refractivity contribution in [1.82, 2.24) is 0 Å². The van der Waals surface area contributed by atoms with Crippen molar-refractivity contribution in [3.63, 3.8) is 0 Å². The van der Waals surface area contributed by atoms with Crippen molar-refractivity contribution in [2.75, 3.05) is 29.1 Å². The molecule has 0 saturated carbocycles. The fraction of sp³-hybridized carbons (Fsp3) is 0.278. The zero-order valence-corrected chi connectivity index (χ0v) is 15.4. The van der Waals surface area contributed by atoms with Crippen LogP contribution in [-0.4, -0.2) is 24.7 Å². The standard InChI is InChI=1S/C18H18Cl2N2OS/c19-13-6-8-14(9-7-13)24-12-17(23)21-16-5-3-4-15(20)18(16)22-10-1-2-11-22/h3-9H,1-2,10-12H2,(H,21,23). The molecule has 1 aliphatic rings. The van der Waals surface area contributed by atoms with E-state index in [1.54, 1.807) is 0 Å². The van der Waals surface area contributed by atoms with Crippen molar-refractivity contribution in [2.45, 2.75) is 17.7 Å². The molecule has 3 rings (SSSR count). The van der Waals surface area contributed by atoms with Crippen LogP contribution in [0.15, 0.2) is 47.4 Å². The first-order valence-electron chi connectivity index (χ1n) is 7.85. The molecule has 0 unspecified atom stereocenters. The molecule has 3 nitrogen and oxygen atoms in total. The van der Waals surface area contributed by atoms with Gasteiger partial charge >= 0.3 is 0 Å². The molecule has 0 atom stereocenters. The molecule has 2 aromatic carbocycles. The molecule has 0 aromatic heterocycles. The Kier molecular flexibility index (Phi) is 5.93. The molecule has 6 heteroatoms. The normalized spacial score (nSPS) is 14.0. The van der Waals surface area contributed by atoms with Crippen LogP contribution >= 0.6 is 35.0 Å². The van der Waals surface area contributed by atoms with Gasteiger partial charge in [-0.05, 0) is 49.2 Å². The van der Waals surface area contributed by atoms with Crippen molar-refractivity contribution in [3.8, 4) is 0 Å². The molecule has 0 spiro atoms. The lowest BCUT2D eigenvalue weighted by Crippen LogP contribution is -2.22. The summed E-state index contributed by atoms with van der Waals surface area (Å²) in [5, 5.41) is 4.37. The molecule has 2 aromatic rings. The van der Waals surface area contributed by atoms with Gasteiger partial charge in [-0.25, -0.2) is 0 Å². The zero-order chi connectivity index (χ0) is 16.9. The SMILES string of the molecule is O=C(CSc1ccc(Cl)cc1)Nc1cccc(Cl)c1N1CCCC1. The largest absolute Gasteiger partial charge is 0.369 e. The second-order valence-electron chi connectivity index (χ2n) is 5.62. The number of halogens is 2. The number of nitrogens with zero attached hydrogens (tertiary/aromatic N) is 1. The van der Waals surface area contributed by atoms with Crippen LogP contribution in [0.5, 0.6) is 0 Å². The van der Waals surface area contributed by atoms with Gasteiger partial charge in [0, 0.05) is 23.0 Å². The minimum atomic E-state index is -0.0438. The Morgan fingerprint density at radius 3 is 2.50 bits per heavy atom. The highest BCUT2D eigenvalue weighted by Crippen LogP contribution is 2.36. The summed E-state index contributed by atoms with van der Waals surface area (Å²) in [5.74, 6) is 0.297. The van der Waals surface area contributed by atoms with E-state index >= 15 is 0 Å². The number of nitrogens with one attached hydrogen (secondary N) is 1. The third-order valence-corrected chi connectivity index (χ3v) is 5.44. The van der Waals surface area contributed by atoms with Gasteiger partial charge in [-0.3, -0.25) is 4.79 Å². The van der Waals surface area contributed by atoms with E-state index in [0.717, 1.165) is 42.2 Å². The Morgan fingerprint density at radius 2 is 1.79 bits per heavy atom. The molecular formula is C18H18Cl2N2OS. The van der Waals surface area contributed by atoms with Gasteiger partial charge in [0.25, 0.3) is 0 Å². The molecule has 1 N–H and O–H groups in total. The average molecular weight is 381 g/mol. The number of rotatable bonds is 5. The summed E-state index contributed by atoms with van der Waals surface area (Å²) in [5.41, 5.74) is 1.72. The number of carbonyl (C=O) groups is 1. The molecule has 1 aliphatic heterocycles. The molecule has 1 heterocycles. The molecule has 1 fully saturated rings. The zero-order valence-electron chi connectivity index (χ0n) is 13.1. The van der Waals surface area contributed by atoms with E-state index in [2.05, 4.69) is 10.2 Å². The molecule has 24 heavy (non-hydrogen) atoms. The van der Waals surface area contributed by atoms with Crippen LogP contribution in [0.4, 0.5) is 11.4 Å². The number of hydrogen-bond acceptors (Lipinski definition) is 3. The van der Waals surface area contributed by atoms with Gasteiger partial charge in [0.1, 0.15) is 0 Å². The highest BCUT2D eigenvalue weighted by Gasteiger charge is 2.19. The minimum Gasteiger partial charge on any atom is -0.369 e. The fourth-order valence-electron chi connectivity index (χ4n) is 2.74. The van der Waals surface area contributed by atoms with Gasteiger partial charge in [0.05, 0.1) is 22.2 Å². The van der Waals surface area contributed by atoms with Crippen LogP contribution in [0.1, 0.15) is 12.8 Å². The van der Waals surface area contributed by atoms with Crippen LogP contribution in [0.2, 0.25) is 10.0 Å². The number of thioether (sulfide) groups is 1. The highest BCUT2D eigenvalue weighted by molar-refractivity contribution is 8.00. The van der Waals surface area contributed by atoms with Crippen LogP contribution in [0, 0.1) is 0 Å².